The number of carbonyl (C=O) groups is 1. The predicted molar refractivity (Wildman–Crippen MR) is 62.7 cm³/mol. The number of nitrogens with zero attached hydrogens (tertiary/aromatic N) is 2. The van der Waals surface area contributed by atoms with Crippen LogP contribution in [0.3, 0.4) is 0 Å². The number of nitriles is 1. The first-order chi connectivity index (χ1) is 7.67. The van der Waals surface area contributed by atoms with Gasteiger partial charge in [0.05, 0.1) is 17.6 Å². The van der Waals surface area contributed by atoms with E-state index in [9.17, 15) is 4.79 Å². The van der Waals surface area contributed by atoms with Gasteiger partial charge in [-0.15, -0.1) is 11.3 Å². The third-order valence-electron chi connectivity index (χ3n) is 2.16. The van der Waals surface area contributed by atoms with E-state index in [1.165, 1.54) is 0 Å². The fourth-order valence-electron chi connectivity index (χ4n) is 1.33. The average molecular weight is 237 g/mol. The number of thiazole rings is 1. The van der Waals surface area contributed by atoms with Crippen LogP contribution in [0.5, 0.6) is 0 Å². The molecule has 0 spiro atoms. The number of hydrogen-bond acceptors (Lipinski definition) is 4. The molecule has 4 nitrogen and oxygen atoms in total. The molecule has 1 amide bonds. The zero-order chi connectivity index (χ0) is 12.0. The van der Waals surface area contributed by atoms with Crippen molar-refractivity contribution in [2.45, 2.75) is 33.2 Å². The Hall–Kier alpha value is -1.41. The van der Waals surface area contributed by atoms with Crippen molar-refractivity contribution in [3.63, 3.8) is 0 Å². The minimum Gasteiger partial charge on any atom is -0.350 e. The van der Waals surface area contributed by atoms with E-state index in [1.54, 1.807) is 17.5 Å². The summed E-state index contributed by atoms with van der Waals surface area (Å²) in [6.07, 6.45) is 3.21. The Morgan fingerprint density at radius 3 is 3.00 bits per heavy atom. The van der Waals surface area contributed by atoms with Gasteiger partial charge in [0, 0.05) is 11.1 Å². The maximum Gasteiger partial charge on any atom is 0.237 e. The van der Waals surface area contributed by atoms with Crippen molar-refractivity contribution in [1.29, 1.82) is 5.26 Å². The molecule has 1 aromatic rings. The van der Waals surface area contributed by atoms with Gasteiger partial charge in [0.1, 0.15) is 5.92 Å². The van der Waals surface area contributed by atoms with Gasteiger partial charge in [-0.25, -0.2) is 4.98 Å². The van der Waals surface area contributed by atoms with Gasteiger partial charge in [-0.05, 0) is 13.3 Å². The smallest absolute Gasteiger partial charge is 0.237 e. The van der Waals surface area contributed by atoms with E-state index in [0.717, 1.165) is 16.3 Å². The summed E-state index contributed by atoms with van der Waals surface area (Å²) in [7, 11) is 0. The van der Waals surface area contributed by atoms with Crippen molar-refractivity contribution >= 4 is 17.2 Å². The zero-order valence-corrected chi connectivity index (χ0v) is 10.3. The molecule has 5 heteroatoms. The summed E-state index contributed by atoms with van der Waals surface area (Å²) in [5.41, 5.74) is 0. The largest absolute Gasteiger partial charge is 0.350 e. The quantitative estimate of drug-likeness (QED) is 0.851. The van der Waals surface area contributed by atoms with Crippen LogP contribution >= 0.6 is 11.3 Å². The molecular formula is C11H15N3OS. The van der Waals surface area contributed by atoms with Gasteiger partial charge in [0.15, 0.2) is 0 Å². The topological polar surface area (TPSA) is 65.8 Å². The Morgan fingerprint density at radius 1 is 1.75 bits per heavy atom. The van der Waals surface area contributed by atoms with Gasteiger partial charge in [0.25, 0.3) is 0 Å². The molecule has 0 aliphatic heterocycles. The molecule has 1 aromatic heterocycles. The molecule has 0 aromatic carbocycles. The van der Waals surface area contributed by atoms with Crippen molar-refractivity contribution in [3.8, 4) is 6.07 Å². The Balaban J connectivity index is 2.43. The molecule has 1 unspecified atom stereocenters. The minimum absolute atomic E-state index is 0.185. The number of amides is 1. The molecule has 86 valence electrons. The van der Waals surface area contributed by atoms with Crippen molar-refractivity contribution in [2.75, 3.05) is 0 Å². The maximum atomic E-state index is 11.6. The van der Waals surface area contributed by atoms with Gasteiger partial charge in [-0.2, -0.15) is 5.26 Å². The van der Waals surface area contributed by atoms with Crippen LogP contribution < -0.4 is 5.32 Å². The molecule has 0 aliphatic rings. The highest BCUT2D eigenvalue weighted by atomic mass is 32.1. The number of aromatic nitrogens is 1. The van der Waals surface area contributed by atoms with E-state index >= 15 is 0 Å². The molecule has 1 heterocycles. The zero-order valence-electron chi connectivity index (χ0n) is 9.49. The second kappa shape index (κ2) is 6.23. The van der Waals surface area contributed by atoms with Crippen LogP contribution in [0.2, 0.25) is 0 Å². The third kappa shape index (κ3) is 3.63. The van der Waals surface area contributed by atoms with Crippen LogP contribution in [0.1, 0.15) is 29.7 Å². The Labute approximate surface area is 99.3 Å². The molecule has 0 fully saturated rings. The number of carbonyl (C=O) groups excluding carboxylic acids is 1. The van der Waals surface area contributed by atoms with Crippen LogP contribution in [-0.2, 0) is 11.3 Å². The highest BCUT2D eigenvalue weighted by Gasteiger charge is 2.16. The van der Waals surface area contributed by atoms with E-state index in [0.29, 0.717) is 13.0 Å². The molecule has 0 aliphatic carbocycles. The first kappa shape index (κ1) is 12.7. The Morgan fingerprint density at radius 2 is 2.50 bits per heavy atom. The summed E-state index contributed by atoms with van der Waals surface area (Å²) < 4.78 is 0. The number of hydrogen-bond donors (Lipinski definition) is 1. The molecule has 1 rings (SSSR count). The van der Waals surface area contributed by atoms with Gasteiger partial charge in [0.2, 0.25) is 5.91 Å². The predicted octanol–water partition coefficient (Wildman–Crippen LogP) is 2.01. The van der Waals surface area contributed by atoms with Crippen LogP contribution in [0, 0.1) is 24.2 Å². The lowest BCUT2D eigenvalue weighted by atomic mass is 10.1. The molecule has 0 saturated heterocycles. The van der Waals surface area contributed by atoms with E-state index in [4.69, 9.17) is 5.26 Å². The van der Waals surface area contributed by atoms with Crippen LogP contribution in [-0.4, -0.2) is 10.9 Å². The molecule has 0 saturated carbocycles. The summed E-state index contributed by atoms with van der Waals surface area (Å²) in [6.45, 7) is 4.35. The normalized spacial score (nSPS) is 11.8. The standard InChI is InChI=1S/C11H15N3OS/c1-3-4-9(5-12)11(15)14-7-10-6-13-8(2)16-10/h6,9H,3-4,7H2,1-2H3,(H,14,15). The third-order valence-corrected chi connectivity index (χ3v) is 3.07. The summed E-state index contributed by atoms with van der Waals surface area (Å²) in [6, 6.07) is 2.02. The van der Waals surface area contributed by atoms with E-state index in [2.05, 4.69) is 10.3 Å². The molecule has 0 bridgehead atoms. The molecule has 16 heavy (non-hydrogen) atoms. The molecule has 0 radical (unpaired) electrons. The highest BCUT2D eigenvalue weighted by molar-refractivity contribution is 7.11. The number of aryl methyl sites for hydroxylation is 1. The molecule has 1 atom stereocenters. The Bertz CT molecular complexity index is 394. The van der Waals surface area contributed by atoms with Crippen LogP contribution in [0.15, 0.2) is 6.20 Å². The minimum atomic E-state index is -0.529. The second-order valence-corrected chi connectivity index (χ2v) is 4.85. The summed E-state index contributed by atoms with van der Waals surface area (Å²) in [5.74, 6) is -0.713. The summed E-state index contributed by atoms with van der Waals surface area (Å²) >= 11 is 1.55. The van der Waals surface area contributed by atoms with E-state index < -0.39 is 5.92 Å². The lowest BCUT2D eigenvalue weighted by Gasteiger charge is -2.07. The SMILES string of the molecule is CCCC(C#N)C(=O)NCc1cnc(C)s1. The first-order valence-corrected chi connectivity index (χ1v) is 6.07. The van der Waals surface area contributed by atoms with Crippen LogP contribution in [0.4, 0.5) is 0 Å². The van der Waals surface area contributed by atoms with Crippen molar-refractivity contribution in [3.05, 3.63) is 16.1 Å². The summed E-state index contributed by atoms with van der Waals surface area (Å²) in [4.78, 5) is 16.7. The van der Waals surface area contributed by atoms with Gasteiger partial charge in [-0.3, -0.25) is 4.79 Å². The van der Waals surface area contributed by atoms with Gasteiger partial charge in [-0.1, -0.05) is 13.3 Å². The summed E-state index contributed by atoms with van der Waals surface area (Å²) in [5, 5.41) is 12.5. The average Bonchev–Trinajstić information content (AvgIpc) is 2.68. The van der Waals surface area contributed by atoms with Gasteiger partial charge < -0.3 is 5.32 Å². The number of nitrogens with one attached hydrogen (secondary N) is 1. The Kier molecular flexibility index (Phi) is 4.93. The molecular weight excluding hydrogens is 222 g/mol. The fourth-order valence-corrected chi connectivity index (χ4v) is 2.06. The van der Waals surface area contributed by atoms with E-state index in [-0.39, 0.29) is 5.91 Å². The molecule has 1 N–H and O–H groups in total. The van der Waals surface area contributed by atoms with Crippen LogP contribution in [0.25, 0.3) is 0 Å². The van der Waals surface area contributed by atoms with Gasteiger partial charge >= 0.3 is 0 Å². The lowest BCUT2D eigenvalue weighted by Crippen LogP contribution is -2.29. The second-order valence-electron chi connectivity index (χ2n) is 3.53. The fraction of sp³-hybridized carbons (Fsp3) is 0.545. The highest BCUT2D eigenvalue weighted by Crippen LogP contribution is 2.11. The van der Waals surface area contributed by atoms with Crippen molar-refractivity contribution in [1.82, 2.24) is 10.3 Å². The monoisotopic (exact) mass is 237 g/mol. The first-order valence-electron chi connectivity index (χ1n) is 5.26. The van der Waals surface area contributed by atoms with Crippen molar-refractivity contribution < 1.29 is 4.79 Å². The van der Waals surface area contributed by atoms with Crippen molar-refractivity contribution in [2.24, 2.45) is 5.92 Å². The van der Waals surface area contributed by atoms with E-state index in [1.807, 2.05) is 19.9 Å². The number of rotatable bonds is 5. The maximum absolute atomic E-state index is 11.6. The lowest BCUT2D eigenvalue weighted by molar-refractivity contribution is -0.123.